The summed E-state index contributed by atoms with van der Waals surface area (Å²) < 4.78 is 38.2. The van der Waals surface area contributed by atoms with Crippen LogP contribution in [-0.4, -0.2) is 11.9 Å². The summed E-state index contributed by atoms with van der Waals surface area (Å²) in [6, 6.07) is 3.25. The molecule has 1 atom stereocenters. The van der Waals surface area contributed by atoms with Crippen LogP contribution in [0.2, 0.25) is 0 Å². The Morgan fingerprint density at radius 3 is 2.71 bits per heavy atom. The average molecular weight is 244 g/mol. The third-order valence-corrected chi connectivity index (χ3v) is 2.82. The largest absolute Gasteiger partial charge is 0.418 e. The number of nitrogens with two attached hydrogens (primary N) is 1. The number of hydrogen-bond acceptors (Lipinski definition) is 2. The molecule has 0 saturated heterocycles. The molecule has 0 aromatic heterocycles. The van der Waals surface area contributed by atoms with Crippen molar-refractivity contribution in [1.82, 2.24) is 0 Å². The fourth-order valence-electron chi connectivity index (χ4n) is 1.97. The minimum atomic E-state index is -4.43. The van der Waals surface area contributed by atoms with E-state index in [1.165, 1.54) is 6.07 Å². The Morgan fingerprint density at radius 2 is 2.12 bits per heavy atom. The van der Waals surface area contributed by atoms with Crippen LogP contribution >= 0.6 is 0 Å². The molecule has 1 aromatic carbocycles. The topological polar surface area (TPSA) is 55.1 Å². The monoisotopic (exact) mass is 244 g/mol. The van der Waals surface area contributed by atoms with Crippen molar-refractivity contribution in [2.24, 2.45) is 5.73 Å². The third kappa shape index (κ3) is 2.20. The lowest BCUT2D eigenvalue weighted by Gasteiger charge is -2.27. The van der Waals surface area contributed by atoms with E-state index >= 15 is 0 Å². The summed E-state index contributed by atoms with van der Waals surface area (Å²) in [5.41, 5.74) is 4.90. The van der Waals surface area contributed by atoms with Crippen LogP contribution in [0.1, 0.15) is 17.5 Å². The van der Waals surface area contributed by atoms with Crippen LogP contribution in [0.4, 0.5) is 18.9 Å². The Labute approximate surface area is 95.8 Å². The summed E-state index contributed by atoms with van der Waals surface area (Å²) in [6.45, 7) is 0. The highest BCUT2D eigenvalue weighted by molar-refractivity contribution is 5.84. The summed E-state index contributed by atoms with van der Waals surface area (Å²) in [5, 5.41) is 2.58. The number of fused-ring (bicyclic) bond motifs is 1. The van der Waals surface area contributed by atoms with Gasteiger partial charge in [0, 0.05) is 0 Å². The smallest absolute Gasteiger partial charge is 0.373 e. The van der Waals surface area contributed by atoms with Crippen LogP contribution < -0.4 is 11.1 Å². The Kier molecular flexibility index (Phi) is 2.73. The van der Waals surface area contributed by atoms with Gasteiger partial charge in [0.25, 0.3) is 0 Å². The van der Waals surface area contributed by atoms with Gasteiger partial charge in [-0.15, -0.1) is 0 Å². The number of rotatable bonds is 1. The molecule has 1 unspecified atom stereocenters. The number of aryl methyl sites for hydroxylation is 1. The first-order valence-corrected chi connectivity index (χ1v) is 5.14. The molecule has 6 heteroatoms. The molecule has 0 radical (unpaired) electrons. The first-order chi connectivity index (χ1) is 7.89. The second kappa shape index (κ2) is 3.94. The van der Waals surface area contributed by atoms with Crippen LogP contribution in [0.25, 0.3) is 0 Å². The number of hydrogen-bond donors (Lipinski definition) is 2. The van der Waals surface area contributed by atoms with Crippen LogP contribution in [0, 0.1) is 0 Å². The van der Waals surface area contributed by atoms with E-state index in [0.29, 0.717) is 18.4 Å². The molecule has 1 aliphatic heterocycles. The number of carbonyl (C=O) groups excluding carboxylic acids is 1. The van der Waals surface area contributed by atoms with E-state index in [4.69, 9.17) is 5.73 Å². The van der Waals surface area contributed by atoms with Crippen molar-refractivity contribution < 1.29 is 18.0 Å². The molecule has 1 aromatic rings. The molecule has 0 bridgehead atoms. The van der Waals surface area contributed by atoms with Gasteiger partial charge in [-0.25, -0.2) is 0 Å². The first kappa shape index (κ1) is 11.8. The molecule has 0 saturated carbocycles. The fourth-order valence-corrected chi connectivity index (χ4v) is 1.97. The van der Waals surface area contributed by atoms with Crippen molar-refractivity contribution in [2.75, 3.05) is 5.32 Å². The summed E-state index contributed by atoms with van der Waals surface area (Å²) in [7, 11) is 0. The second-order valence-corrected chi connectivity index (χ2v) is 3.98. The average Bonchev–Trinajstić information content (AvgIpc) is 2.26. The molecule has 17 heavy (non-hydrogen) atoms. The van der Waals surface area contributed by atoms with E-state index in [2.05, 4.69) is 5.32 Å². The first-order valence-electron chi connectivity index (χ1n) is 5.14. The van der Waals surface area contributed by atoms with E-state index < -0.39 is 23.7 Å². The zero-order valence-electron chi connectivity index (χ0n) is 8.84. The van der Waals surface area contributed by atoms with Gasteiger partial charge in [-0.2, -0.15) is 13.2 Å². The Bertz CT molecular complexity index is 457. The zero-order valence-corrected chi connectivity index (χ0v) is 8.84. The highest BCUT2D eigenvalue weighted by Gasteiger charge is 2.36. The Hall–Kier alpha value is -1.72. The highest BCUT2D eigenvalue weighted by Crippen LogP contribution is 2.39. The fraction of sp³-hybridized carbons (Fsp3) is 0.364. The minimum Gasteiger partial charge on any atom is -0.373 e. The van der Waals surface area contributed by atoms with Gasteiger partial charge in [-0.1, -0.05) is 12.1 Å². The van der Waals surface area contributed by atoms with Gasteiger partial charge in [-0.05, 0) is 24.5 Å². The standard InChI is InChI=1S/C11H11F3N2O/c12-11(13,14)7-3-1-2-6-4-5-8(10(15)17)16-9(6)7/h1-3,8,16H,4-5H2,(H2,15,17). The highest BCUT2D eigenvalue weighted by atomic mass is 19.4. The van der Waals surface area contributed by atoms with Crippen LogP contribution in [0.15, 0.2) is 18.2 Å². The van der Waals surface area contributed by atoms with E-state index in [0.717, 1.165) is 6.07 Å². The molecule has 1 heterocycles. The zero-order chi connectivity index (χ0) is 12.6. The van der Waals surface area contributed by atoms with Crippen molar-refractivity contribution in [2.45, 2.75) is 25.1 Å². The van der Waals surface area contributed by atoms with E-state index in [-0.39, 0.29) is 5.69 Å². The number of carbonyl (C=O) groups is 1. The maximum Gasteiger partial charge on any atom is 0.418 e. The number of anilines is 1. The van der Waals surface area contributed by atoms with Gasteiger partial charge in [-0.3, -0.25) is 4.79 Å². The molecule has 92 valence electrons. The number of amides is 1. The summed E-state index contributed by atoms with van der Waals surface area (Å²) in [4.78, 5) is 11.0. The Morgan fingerprint density at radius 1 is 1.41 bits per heavy atom. The lowest BCUT2D eigenvalue weighted by molar-refractivity contribution is -0.137. The van der Waals surface area contributed by atoms with Crippen molar-refractivity contribution in [3.63, 3.8) is 0 Å². The number of alkyl halides is 3. The lowest BCUT2D eigenvalue weighted by Crippen LogP contribution is -2.39. The SMILES string of the molecule is NC(=O)C1CCc2cccc(C(F)(F)F)c2N1. The Balaban J connectivity index is 2.43. The van der Waals surface area contributed by atoms with Crippen molar-refractivity contribution in [3.8, 4) is 0 Å². The molecule has 0 aliphatic carbocycles. The third-order valence-electron chi connectivity index (χ3n) is 2.82. The summed E-state index contributed by atoms with van der Waals surface area (Å²) >= 11 is 0. The van der Waals surface area contributed by atoms with Crippen molar-refractivity contribution in [1.29, 1.82) is 0 Å². The predicted molar refractivity (Wildman–Crippen MR) is 56.4 cm³/mol. The molecular formula is C11H11F3N2O. The van der Waals surface area contributed by atoms with Crippen LogP contribution in [0.3, 0.4) is 0 Å². The van der Waals surface area contributed by atoms with E-state index in [1.807, 2.05) is 0 Å². The van der Waals surface area contributed by atoms with Crippen LogP contribution in [-0.2, 0) is 17.4 Å². The predicted octanol–water partition coefficient (Wildman–Crippen LogP) is 1.92. The maximum absolute atomic E-state index is 12.7. The molecule has 0 fully saturated rings. The summed E-state index contributed by atoms with van der Waals surface area (Å²) in [5.74, 6) is -0.632. The lowest BCUT2D eigenvalue weighted by atomic mass is 9.94. The normalized spacial score (nSPS) is 19.4. The minimum absolute atomic E-state index is 0.0185. The summed E-state index contributed by atoms with van der Waals surface area (Å²) in [6.07, 6.45) is -3.60. The number of halogens is 3. The van der Waals surface area contributed by atoms with Gasteiger partial charge >= 0.3 is 6.18 Å². The van der Waals surface area contributed by atoms with Gasteiger partial charge in [0.05, 0.1) is 11.3 Å². The maximum atomic E-state index is 12.7. The van der Waals surface area contributed by atoms with Crippen molar-refractivity contribution >= 4 is 11.6 Å². The molecule has 1 amide bonds. The number of para-hydroxylation sites is 1. The van der Waals surface area contributed by atoms with Gasteiger partial charge in [0.2, 0.25) is 5.91 Å². The number of nitrogens with one attached hydrogen (secondary N) is 1. The van der Waals surface area contributed by atoms with Gasteiger partial charge in [0.15, 0.2) is 0 Å². The molecule has 3 nitrogen and oxygen atoms in total. The molecule has 2 rings (SSSR count). The van der Waals surface area contributed by atoms with E-state index in [9.17, 15) is 18.0 Å². The van der Waals surface area contributed by atoms with Gasteiger partial charge in [0.1, 0.15) is 6.04 Å². The molecular weight excluding hydrogens is 233 g/mol. The quantitative estimate of drug-likeness (QED) is 0.793. The van der Waals surface area contributed by atoms with Crippen molar-refractivity contribution in [3.05, 3.63) is 29.3 Å². The van der Waals surface area contributed by atoms with Gasteiger partial charge < -0.3 is 11.1 Å². The number of benzene rings is 1. The molecule has 1 aliphatic rings. The van der Waals surface area contributed by atoms with Crippen LogP contribution in [0.5, 0.6) is 0 Å². The second-order valence-electron chi connectivity index (χ2n) is 3.98. The number of primary amides is 1. The van der Waals surface area contributed by atoms with E-state index in [1.54, 1.807) is 6.07 Å². The molecule has 0 spiro atoms. The molecule has 3 N–H and O–H groups in total.